The summed E-state index contributed by atoms with van der Waals surface area (Å²) in [5.41, 5.74) is 2.82. The lowest BCUT2D eigenvalue weighted by molar-refractivity contribution is -0.120. The Morgan fingerprint density at radius 2 is 2.08 bits per heavy atom. The lowest BCUT2D eigenvalue weighted by atomic mass is 10.1. The second-order valence-corrected chi connectivity index (χ2v) is 7.33. The average Bonchev–Trinajstić information content (AvgIpc) is 3.07. The van der Waals surface area contributed by atoms with Crippen molar-refractivity contribution in [2.45, 2.75) is 25.8 Å². The number of piperidine rings is 1. The van der Waals surface area contributed by atoms with E-state index in [4.69, 9.17) is 9.72 Å². The van der Waals surface area contributed by atoms with Gasteiger partial charge in [0.1, 0.15) is 10.8 Å². The summed E-state index contributed by atoms with van der Waals surface area (Å²) in [5, 5.41) is 3.26. The van der Waals surface area contributed by atoms with Crippen LogP contribution in [0.25, 0.3) is 11.3 Å². The zero-order chi connectivity index (χ0) is 16.5. The largest absolute Gasteiger partial charge is 0.482 e. The van der Waals surface area contributed by atoms with Crippen LogP contribution in [0.4, 0.5) is 5.69 Å². The van der Waals surface area contributed by atoms with Crippen molar-refractivity contribution >= 4 is 22.9 Å². The summed E-state index contributed by atoms with van der Waals surface area (Å²) in [6, 6.07) is 5.94. The molecule has 126 valence electrons. The number of ether oxygens (including phenoxy) is 1. The minimum absolute atomic E-state index is 0.0243. The van der Waals surface area contributed by atoms with E-state index in [1.54, 1.807) is 23.3 Å². The Balaban J connectivity index is 1.55. The van der Waals surface area contributed by atoms with Crippen molar-refractivity contribution in [1.82, 2.24) is 9.88 Å². The summed E-state index contributed by atoms with van der Waals surface area (Å²) >= 11 is 1.71. The van der Waals surface area contributed by atoms with Gasteiger partial charge in [0.25, 0.3) is 5.91 Å². The van der Waals surface area contributed by atoms with Gasteiger partial charge in [-0.2, -0.15) is 0 Å². The average molecular weight is 343 g/mol. The van der Waals surface area contributed by atoms with Gasteiger partial charge in [-0.05, 0) is 44.1 Å². The number of carbonyl (C=O) groups excluding carboxylic acids is 1. The Labute approximate surface area is 145 Å². The molecule has 4 rings (SSSR count). The summed E-state index contributed by atoms with van der Waals surface area (Å²) in [7, 11) is 1.79. The Morgan fingerprint density at radius 1 is 1.25 bits per heavy atom. The third-order valence-electron chi connectivity index (χ3n) is 4.70. The molecule has 0 atom stereocenters. The van der Waals surface area contributed by atoms with Crippen LogP contribution < -0.4 is 9.64 Å². The van der Waals surface area contributed by atoms with Gasteiger partial charge >= 0.3 is 0 Å². The van der Waals surface area contributed by atoms with Gasteiger partial charge in [0.2, 0.25) is 0 Å². The minimum atomic E-state index is -0.0243. The molecule has 0 unspecified atom stereocenters. The molecule has 5 nitrogen and oxygen atoms in total. The van der Waals surface area contributed by atoms with Crippen molar-refractivity contribution < 1.29 is 9.53 Å². The van der Waals surface area contributed by atoms with Gasteiger partial charge in [-0.25, -0.2) is 4.98 Å². The summed E-state index contributed by atoms with van der Waals surface area (Å²) in [4.78, 5) is 20.8. The van der Waals surface area contributed by atoms with Gasteiger partial charge in [-0.3, -0.25) is 9.69 Å². The standard InChI is InChI=1S/C18H21N3O2S/c1-20-15-9-13(5-6-16(15)23-11-18(20)22)14-12-24-17(19-14)10-21-7-3-2-4-8-21/h5-6,9,12H,2-4,7-8,10-11H2,1H3. The van der Waals surface area contributed by atoms with Crippen LogP contribution in [0.5, 0.6) is 5.75 Å². The number of likely N-dealkylation sites (tertiary alicyclic amines) is 1. The highest BCUT2D eigenvalue weighted by atomic mass is 32.1. The number of likely N-dealkylation sites (N-methyl/N-ethyl adjacent to an activating group) is 1. The fourth-order valence-electron chi connectivity index (χ4n) is 3.26. The van der Waals surface area contributed by atoms with E-state index >= 15 is 0 Å². The predicted molar refractivity (Wildman–Crippen MR) is 95.6 cm³/mol. The molecule has 1 saturated heterocycles. The first-order valence-electron chi connectivity index (χ1n) is 8.41. The first-order chi connectivity index (χ1) is 11.7. The third kappa shape index (κ3) is 3.03. The van der Waals surface area contributed by atoms with Crippen LogP contribution in [0, 0.1) is 0 Å². The highest BCUT2D eigenvalue weighted by Gasteiger charge is 2.23. The molecule has 2 aliphatic rings. The molecule has 0 radical (unpaired) electrons. The Kier molecular flexibility index (Phi) is 4.24. The van der Waals surface area contributed by atoms with Crippen LogP contribution in [-0.4, -0.2) is 42.5 Å². The molecule has 24 heavy (non-hydrogen) atoms. The molecule has 1 amide bonds. The van der Waals surface area contributed by atoms with Crippen LogP contribution in [0.1, 0.15) is 24.3 Å². The molecule has 2 aliphatic heterocycles. The lowest BCUT2D eigenvalue weighted by Crippen LogP contribution is -2.35. The number of benzene rings is 1. The van der Waals surface area contributed by atoms with Crippen LogP contribution in [0.3, 0.4) is 0 Å². The topological polar surface area (TPSA) is 45.7 Å². The predicted octanol–water partition coefficient (Wildman–Crippen LogP) is 3.15. The molecule has 0 spiro atoms. The van der Waals surface area contributed by atoms with E-state index in [0.717, 1.165) is 34.2 Å². The number of fused-ring (bicyclic) bond motifs is 1. The summed E-state index contributed by atoms with van der Waals surface area (Å²) < 4.78 is 5.49. The quantitative estimate of drug-likeness (QED) is 0.859. The van der Waals surface area contributed by atoms with Gasteiger partial charge in [-0.15, -0.1) is 11.3 Å². The first-order valence-corrected chi connectivity index (χ1v) is 9.29. The van der Waals surface area contributed by atoms with E-state index in [1.807, 2.05) is 18.2 Å². The van der Waals surface area contributed by atoms with Crippen molar-refractivity contribution in [3.63, 3.8) is 0 Å². The molecule has 3 heterocycles. The van der Waals surface area contributed by atoms with E-state index in [1.165, 1.54) is 32.4 Å². The van der Waals surface area contributed by atoms with Crippen LogP contribution in [0.15, 0.2) is 23.6 Å². The SMILES string of the molecule is CN1C(=O)COc2ccc(-c3csc(CN4CCCCC4)n3)cc21. The number of aromatic nitrogens is 1. The molecule has 0 saturated carbocycles. The maximum atomic E-state index is 11.8. The summed E-state index contributed by atoms with van der Waals surface area (Å²) in [6.07, 6.45) is 3.94. The number of nitrogens with zero attached hydrogens (tertiary/aromatic N) is 3. The van der Waals surface area contributed by atoms with Gasteiger partial charge in [0.15, 0.2) is 6.61 Å². The number of amides is 1. The molecule has 0 aliphatic carbocycles. The van der Waals surface area contributed by atoms with Gasteiger partial charge in [0.05, 0.1) is 17.9 Å². The first kappa shape index (κ1) is 15.6. The summed E-state index contributed by atoms with van der Waals surface area (Å²) in [6.45, 7) is 3.41. The minimum Gasteiger partial charge on any atom is -0.482 e. The third-order valence-corrected chi connectivity index (χ3v) is 5.53. The second kappa shape index (κ2) is 6.53. The lowest BCUT2D eigenvalue weighted by Gasteiger charge is -2.26. The zero-order valence-corrected chi connectivity index (χ0v) is 14.6. The van der Waals surface area contributed by atoms with E-state index in [9.17, 15) is 4.79 Å². The second-order valence-electron chi connectivity index (χ2n) is 6.39. The number of carbonyl (C=O) groups is 1. The molecule has 2 aromatic rings. The molecular formula is C18H21N3O2S. The maximum Gasteiger partial charge on any atom is 0.264 e. The van der Waals surface area contributed by atoms with Crippen LogP contribution in [0.2, 0.25) is 0 Å². The van der Waals surface area contributed by atoms with Gasteiger partial charge in [-0.1, -0.05) is 6.42 Å². The molecular weight excluding hydrogens is 322 g/mol. The fourth-order valence-corrected chi connectivity index (χ4v) is 4.10. The zero-order valence-electron chi connectivity index (χ0n) is 13.8. The van der Waals surface area contributed by atoms with E-state index in [0.29, 0.717) is 0 Å². The normalized spacial score (nSPS) is 18.4. The van der Waals surface area contributed by atoms with Crippen molar-refractivity contribution in [2.75, 3.05) is 31.6 Å². The monoisotopic (exact) mass is 343 g/mol. The van der Waals surface area contributed by atoms with E-state index in [2.05, 4.69) is 10.3 Å². The Hall–Kier alpha value is -1.92. The van der Waals surface area contributed by atoms with Gasteiger partial charge < -0.3 is 9.64 Å². The smallest absolute Gasteiger partial charge is 0.264 e. The Bertz CT molecular complexity index is 752. The van der Waals surface area contributed by atoms with Crippen LogP contribution in [-0.2, 0) is 11.3 Å². The number of rotatable bonds is 3. The summed E-state index contributed by atoms with van der Waals surface area (Å²) in [5.74, 6) is 0.730. The number of anilines is 1. The molecule has 1 fully saturated rings. The highest BCUT2D eigenvalue weighted by molar-refractivity contribution is 7.09. The van der Waals surface area contributed by atoms with E-state index in [-0.39, 0.29) is 12.5 Å². The highest BCUT2D eigenvalue weighted by Crippen LogP contribution is 2.35. The Morgan fingerprint density at radius 3 is 2.92 bits per heavy atom. The van der Waals surface area contributed by atoms with Crippen molar-refractivity contribution in [3.05, 3.63) is 28.6 Å². The molecule has 0 N–H and O–H groups in total. The number of hydrogen-bond acceptors (Lipinski definition) is 5. The van der Waals surface area contributed by atoms with Crippen molar-refractivity contribution in [3.8, 4) is 17.0 Å². The fraction of sp³-hybridized carbons (Fsp3) is 0.444. The maximum absolute atomic E-state index is 11.8. The molecule has 6 heteroatoms. The molecule has 1 aromatic heterocycles. The molecule has 1 aromatic carbocycles. The van der Waals surface area contributed by atoms with Crippen LogP contribution >= 0.6 is 11.3 Å². The number of hydrogen-bond donors (Lipinski definition) is 0. The van der Waals surface area contributed by atoms with Gasteiger partial charge in [0, 0.05) is 18.0 Å². The van der Waals surface area contributed by atoms with Crippen molar-refractivity contribution in [1.29, 1.82) is 0 Å². The molecule has 0 bridgehead atoms. The number of thiazole rings is 1. The van der Waals surface area contributed by atoms with Crippen molar-refractivity contribution in [2.24, 2.45) is 0 Å². The van der Waals surface area contributed by atoms with E-state index < -0.39 is 0 Å².